The fourth-order valence-electron chi connectivity index (χ4n) is 2.87. The Balaban J connectivity index is 2.01. The maximum atomic E-state index is 12.8. The molecule has 1 fully saturated rings. The van der Waals surface area contributed by atoms with Crippen molar-refractivity contribution in [3.8, 4) is 0 Å². The summed E-state index contributed by atoms with van der Waals surface area (Å²) in [6, 6.07) is 10.5. The molecule has 1 saturated heterocycles. The van der Waals surface area contributed by atoms with E-state index in [-0.39, 0.29) is 18.1 Å². The van der Waals surface area contributed by atoms with Gasteiger partial charge in [-0.25, -0.2) is 8.78 Å². The second-order valence-corrected chi connectivity index (χ2v) is 5.91. The lowest BCUT2D eigenvalue weighted by atomic mass is 9.90. The summed E-state index contributed by atoms with van der Waals surface area (Å²) in [4.78, 5) is 1.96. The highest BCUT2D eigenvalue weighted by molar-refractivity contribution is 5.16. The standard InChI is InChI=1S/C16H24F2N2/c1-3-16(2)12-19-14(10-20(16)11-15(17)18)9-13-7-5-4-6-8-13/h4-8,14-15,19H,3,9-12H2,1-2H3. The molecule has 0 aromatic heterocycles. The summed E-state index contributed by atoms with van der Waals surface area (Å²) in [6.45, 7) is 5.47. The highest BCUT2D eigenvalue weighted by Crippen LogP contribution is 2.24. The van der Waals surface area contributed by atoms with Crippen LogP contribution in [0, 0.1) is 0 Å². The third-order valence-electron chi connectivity index (χ3n) is 4.42. The molecule has 0 aliphatic carbocycles. The number of piperazine rings is 1. The van der Waals surface area contributed by atoms with Crippen LogP contribution in [-0.4, -0.2) is 42.5 Å². The van der Waals surface area contributed by atoms with E-state index in [9.17, 15) is 8.78 Å². The molecule has 20 heavy (non-hydrogen) atoms. The molecule has 0 saturated carbocycles. The predicted molar refractivity (Wildman–Crippen MR) is 78.2 cm³/mol. The molecule has 1 heterocycles. The third-order valence-corrected chi connectivity index (χ3v) is 4.42. The quantitative estimate of drug-likeness (QED) is 0.893. The van der Waals surface area contributed by atoms with Crippen LogP contribution in [0.3, 0.4) is 0 Å². The van der Waals surface area contributed by atoms with E-state index in [0.717, 1.165) is 19.4 Å². The van der Waals surface area contributed by atoms with E-state index in [1.54, 1.807) is 0 Å². The molecule has 1 aliphatic heterocycles. The Bertz CT molecular complexity index is 410. The Labute approximate surface area is 120 Å². The number of hydrogen-bond donors (Lipinski definition) is 1. The van der Waals surface area contributed by atoms with Gasteiger partial charge in [0.15, 0.2) is 0 Å². The Morgan fingerprint density at radius 1 is 1.35 bits per heavy atom. The first-order valence-electron chi connectivity index (χ1n) is 7.34. The fourth-order valence-corrected chi connectivity index (χ4v) is 2.87. The maximum Gasteiger partial charge on any atom is 0.251 e. The van der Waals surface area contributed by atoms with Gasteiger partial charge in [0.2, 0.25) is 0 Å². The molecule has 2 unspecified atom stereocenters. The first-order valence-corrected chi connectivity index (χ1v) is 7.34. The van der Waals surface area contributed by atoms with Crippen LogP contribution in [-0.2, 0) is 6.42 Å². The molecule has 1 aliphatic rings. The Morgan fingerprint density at radius 3 is 2.65 bits per heavy atom. The van der Waals surface area contributed by atoms with E-state index in [1.807, 2.05) is 23.1 Å². The summed E-state index contributed by atoms with van der Waals surface area (Å²) in [5, 5.41) is 3.53. The Hall–Kier alpha value is -1.00. The van der Waals surface area contributed by atoms with E-state index in [0.29, 0.717) is 6.54 Å². The molecular formula is C16H24F2N2. The zero-order valence-electron chi connectivity index (χ0n) is 12.3. The minimum atomic E-state index is -2.27. The zero-order valence-corrected chi connectivity index (χ0v) is 12.3. The first kappa shape index (κ1) is 15.4. The molecule has 4 heteroatoms. The zero-order chi connectivity index (χ0) is 14.6. The van der Waals surface area contributed by atoms with Crippen LogP contribution in [0.25, 0.3) is 0 Å². The highest BCUT2D eigenvalue weighted by atomic mass is 19.3. The van der Waals surface area contributed by atoms with Gasteiger partial charge in [-0.15, -0.1) is 0 Å². The first-order chi connectivity index (χ1) is 9.53. The Kier molecular flexibility index (Phi) is 5.11. The van der Waals surface area contributed by atoms with Crippen LogP contribution in [0.5, 0.6) is 0 Å². The summed E-state index contributed by atoms with van der Waals surface area (Å²) in [6.07, 6.45) is -0.498. The van der Waals surface area contributed by atoms with Gasteiger partial charge < -0.3 is 5.32 Å². The van der Waals surface area contributed by atoms with Crippen LogP contribution in [0.4, 0.5) is 8.78 Å². The molecule has 1 aromatic rings. The second-order valence-electron chi connectivity index (χ2n) is 5.91. The third kappa shape index (κ3) is 3.76. The lowest BCUT2D eigenvalue weighted by Crippen LogP contribution is -2.64. The van der Waals surface area contributed by atoms with Crippen LogP contribution in [0.2, 0.25) is 0 Å². The topological polar surface area (TPSA) is 15.3 Å². The van der Waals surface area contributed by atoms with Crippen molar-refractivity contribution in [2.45, 2.75) is 44.7 Å². The van der Waals surface area contributed by atoms with Gasteiger partial charge in [0.25, 0.3) is 6.43 Å². The predicted octanol–water partition coefficient (Wildman–Crippen LogP) is 2.94. The van der Waals surface area contributed by atoms with Gasteiger partial charge in [0.1, 0.15) is 0 Å². The Morgan fingerprint density at radius 2 is 2.05 bits per heavy atom. The molecule has 0 radical (unpaired) electrons. The number of alkyl halides is 2. The smallest absolute Gasteiger partial charge is 0.251 e. The van der Waals surface area contributed by atoms with Crippen molar-refractivity contribution in [3.63, 3.8) is 0 Å². The summed E-state index contributed by atoms with van der Waals surface area (Å²) < 4.78 is 25.6. The van der Waals surface area contributed by atoms with Gasteiger partial charge >= 0.3 is 0 Å². The van der Waals surface area contributed by atoms with Crippen molar-refractivity contribution in [1.29, 1.82) is 0 Å². The molecular weight excluding hydrogens is 258 g/mol. The molecule has 0 amide bonds. The molecule has 1 aromatic carbocycles. The second kappa shape index (κ2) is 6.64. The van der Waals surface area contributed by atoms with Crippen LogP contribution in [0.15, 0.2) is 30.3 Å². The van der Waals surface area contributed by atoms with Gasteiger partial charge in [-0.1, -0.05) is 37.3 Å². The van der Waals surface area contributed by atoms with Crippen LogP contribution in [0.1, 0.15) is 25.8 Å². The van der Waals surface area contributed by atoms with Crippen molar-refractivity contribution in [1.82, 2.24) is 10.2 Å². The summed E-state index contributed by atoms with van der Waals surface area (Å²) >= 11 is 0. The van der Waals surface area contributed by atoms with Crippen molar-refractivity contribution in [2.75, 3.05) is 19.6 Å². The lowest BCUT2D eigenvalue weighted by molar-refractivity contribution is -0.00337. The van der Waals surface area contributed by atoms with E-state index in [4.69, 9.17) is 0 Å². The molecule has 2 atom stereocenters. The SMILES string of the molecule is CCC1(C)CNC(Cc2ccccc2)CN1CC(F)F. The normalized spacial score (nSPS) is 27.9. The van der Waals surface area contributed by atoms with Gasteiger partial charge in [-0.2, -0.15) is 0 Å². The number of benzene rings is 1. The minimum absolute atomic E-state index is 0.128. The average molecular weight is 282 g/mol. The number of nitrogens with zero attached hydrogens (tertiary/aromatic N) is 1. The van der Waals surface area contributed by atoms with Gasteiger partial charge in [-0.05, 0) is 25.3 Å². The van der Waals surface area contributed by atoms with Crippen molar-refractivity contribution in [2.24, 2.45) is 0 Å². The lowest BCUT2D eigenvalue weighted by Gasteiger charge is -2.48. The number of nitrogens with one attached hydrogen (secondary N) is 1. The van der Waals surface area contributed by atoms with Gasteiger partial charge in [-0.3, -0.25) is 4.90 Å². The summed E-state index contributed by atoms with van der Waals surface area (Å²) in [5.41, 5.74) is 1.09. The van der Waals surface area contributed by atoms with E-state index in [2.05, 4.69) is 31.3 Å². The molecule has 1 N–H and O–H groups in total. The summed E-state index contributed by atoms with van der Waals surface area (Å²) in [7, 11) is 0. The molecule has 2 nitrogen and oxygen atoms in total. The monoisotopic (exact) mass is 282 g/mol. The van der Waals surface area contributed by atoms with Crippen LogP contribution < -0.4 is 5.32 Å². The number of hydrogen-bond acceptors (Lipinski definition) is 2. The fraction of sp³-hybridized carbons (Fsp3) is 0.625. The molecule has 2 rings (SSSR count). The molecule has 0 bridgehead atoms. The van der Waals surface area contributed by atoms with Crippen molar-refractivity contribution in [3.05, 3.63) is 35.9 Å². The number of halogens is 2. The van der Waals surface area contributed by atoms with E-state index < -0.39 is 6.43 Å². The van der Waals surface area contributed by atoms with Crippen LogP contribution >= 0.6 is 0 Å². The van der Waals surface area contributed by atoms with E-state index in [1.165, 1.54) is 5.56 Å². The number of rotatable bonds is 5. The van der Waals surface area contributed by atoms with Gasteiger partial charge in [0, 0.05) is 24.7 Å². The largest absolute Gasteiger partial charge is 0.311 e. The van der Waals surface area contributed by atoms with Crippen molar-refractivity contribution < 1.29 is 8.78 Å². The minimum Gasteiger partial charge on any atom is -0.311 e. The summed E-state index contributed by atoms with van der Waals surface area (Å²) in [5.74, 6) is 0. The van der Waals surface area contributed by atoms with E-state index >= 15 is 0 Å². The molecule has 0 spiro atoms. The average Bonchev–Trinajstić information content (AvgIpc) is 2.43. The van der Waals surface area contributed by atoms with Crippen molar-refractivity contribution >= 4 is 0 Å². The maximum absolute atomic E-state index is 12.8. The molecule has 112 valence electrons. The van der Waals surface area contributed by atoms with Gasteiger partial charge in [0.05, 0.1) is 6.54 Å². The highest BCUT2D eigenvalue weighted by Gasteiger charge is 2.37.